The standard InChI is InChI=1S/C58H36N4/c1-3-15-37(16-4-1)39-29-27-38-28-30-41(34-42(38)33-39)56-48-23-9-12-24-52(48)59-58(60-56)62-54-26-14-10-20-45(54)50-35-40(31-32-55(50)62)49-36-51-46-21-11-13-25-53(46)61(43-17-5-2-6-18-43)57(51)47-22-8-7-19-44(47)49/h1-36H. The van der Waals surface area contributed by atoms with E-state index in [1.165, 1.54) is 65.6 Å². The van der Waals surface area contributed by atoms with Crippen LogP contribution in [0, 0.1) is 0 Å². The molecule has 3 heterocycles. The topological polar surface area (TPSA) is 35.6 Å². The van der Waals surface area contributed by atoms with Gasteiger partial charge in [-0.2, -0.15) is 0 Å². The highest BCUT2D eigenvalue weighted by molar-refractivity contribution is 6.22. The number of fused-ring (bicyclic) bond motifs is 10. The van der Waals surface area contributed by atoms with E-state index >= 15 is 0 Å². The van der Waals surface area contributed by atoms with E-state index in [9.17, 15) is 0 Å². The van der Waals surface area contributed by atoms with E-state index < -0.39 is 0 Å². The van der Waals surface area contributed by atoms with Gasteiger partial charge in [0.2, 0.25) is 5.95 Å². The molecular weight excluding hydrogens is 753 g/mol. The third kappa shape index (κ3) is 5.27. The fourth-order valence-corrected chi connectivity index (χ4v) is 9.85. The van der Waals surface area contributed by atoms with Crippen molar-refractivity contribution in [1.82, 2.24) is 19.1 Å². The van der Waals surface area contributed by atoms with Crippen LogP contribution in [0.25, 0.3) is 121 Å². The summed E-state index contributed by atoms with van der Waals surface area (Å²) in [6.45, 7) is 0. The molecule has 0 atom stereocenters. The summed E-state index contributed by atoms with van der Waals surface area (Å²) in [5, 5.41) is 10.6. The van der Waals surface area contributed by atoms with Crippen molar-refractivity contribution in [3.05, 3.63) is 218 Å². The highest BCUT2D eigenvalue weighted by Crippen LogP contribution is 2.43. The molecule has 0 radical (unpaired) electrons. The minimum absolute atomic E-state index is 0.649. The van der Waals surface area contributed by atoms with Gasteiger partial charge in [0.05, 0.1) is 33.3 Å². The molecule has 13 rings (SSSR count). The molecule has 3 aromatic heterocycles. The molecule has 0 spiro atoms. The maximum absolute atomic E-state index is 5.46. The van der Waals surface area contributed by atoms with Gasteiger partial charge in [-0.15, -0.1) is 0 Å². The number of nitrogens with zero attached hydrogens (tertiary/aromatic N) is 4. The Labute approximate surface area is 357 Å². The number of benzene rings is 10. The molecule has 4 nitrogen and oxygen atoms in total. The van der Waals surface area contributed by atoms with Gasteiger partial charge in [-0.25, -0.2) is 9.97 Å². The third-order valence-electron chi connectivity index (χ3n) is 12.7. The van der Waals surface area contributed by atoms with E-state index in [0.29, 0.717) is 5.95 Å². The highest BCUT2D eigenvalue weighted by Gasteiger charge is 2.21. The molecule has 0 N–H and O–H groups in total. The first-order valence-electron chi connectivity index (χ1n) is 21.2. The zero-order valence-electron chi connectivity index (χ0n) is 33.6. The lowest BCUT2D eigenvalue weighted by Gasteiger charge is -2.14. The van der Waals surface area contributed by atoms with Gasteiger partial charge < -0.3 is 4.57 Å². The molecular formula is C58H36N4. The minimum atomic E-state index is 0.649. The van der Waals surface area contributed by atoms with Crippen LogP contribution in [0.1, 0.15) is 0 Å². The third-order valence-corrected chi connectivity index (χ3v) is 12.7. The van der Waals surface area contributed by atoms with Crippen molar-refractivity contribution < 1.29 is 0 Å². The molecule has 13 aromatic rings. The first-order chi connectivity index (χ1) is 30.7. The Kier molecular flexibility index (Phi) is 7.57. The minimum Gasteiger partial charge on any atom is -0.309 e. The van der Waals surface area contributed by atoms with Gasteiger partial charge in [-0.3, -0.25) is 4.57 Å². The maximum Gasteiger partial charge on any atom is 0.235 e. The second-order valence-corrected chi connectivity index (χ2v) is 16.2. The van der Waals surface area contributed by atoms with E-state index in [1.54, 1.807) is 0 Å². The average molecular weight is 789 g/mol. The lowest BCUT2D eigenvalue weighted by Crippen LogP contribution is -2.03. The summed E-state index contributed by atoms with van der Waals surface area (Å²) in [4.78, 5) is 10.7. The molecule has 0 aliphatic heterocycles. The Morgan fingerprint density at radius 3 is 1.68 bits per heavy atom. The summed E-state index contributed by atoms with van der Waals surface area (Å²) in [7, 11) is 0. The van der Waals surface area contributed by atoms with Gasteiger partial charge in [-0.05, 0) is 99.1 Å². The van der Waals surface area contributed by atoms with Crippen molar-refractivity contribution in [3.8, 4) is 45.1 Å². The largest absolute Gasteiger partial charge is 0.309 e. The predicted molar refractivity (Wildman–Crippen MR) is 260 cm³/mol. The van der Waals surface area contributed by atoms with Crippen LogP contribution < -0.4 is 0 Å². The molecule has 62 heavy (non-hydrogen) atoms. The number of rotatable bonds is 5. The second kappa shape index (κ2) is 13.6. The van der Waals surface area contributed by atoms with Crippen LogP contribution in [-0.2, 0) is 0 Å². The number of para-hydroxylation sites is 4. The SMILES string of the molecule is c1ccc(-c2ccc3ccc(-c4nc(-n5c6ccccc6c6cc(-c7cc8c9ccccc9n(-c9ccccc9)c8c8ccccc78)ccc65)nc5ccccc45)cc3c2)cc1. The van der Waals surface area contributed by atoms with Gasteiger partial charge in [0.25, 0.3) is 0 Å². The number of aromatic nitrogens is 4. The van der Waals surface area contributed by atoms with Gasteiger partial charge in [0.15, 0.2) is 0 Å². The molecule has 0 aliphatic rings. The van der Waals surface area contributed by atoms with Crippen LogP contribution in [-0.4, -0.2) is 19.1 Å². The first kappa shape index (κ1) is 34.5. The Balaban J connectivity index is 1.02. The van der Waals surface area contributed by atoms with E-state index in [2.05, 4.69) is 228 Å². The van der Waals surface area contributed by atoms with Gasteiger partial charge in [-0.1, -0.05) is 158 Å². The molecule has 0 aliphatic carbocycles. The molecule has 0 unspecified atom stereocenters. The summed E-state index contributed by atoms with van der Waals surface area (Å²) < 4.78 is 4.67. The van der Waals surface area contributed by atoms with Crippen molar-refractivity contribution in [1.29, 1.82) is 0 Å². The Morgan fingerprint density at radius 2 is 0.887 bits per heavy atom. The fraction of sp³-hybridized carbons (Fsp3) is 0. The van der Waals surface area contributed by atoms with E-state index in [1.807, 2.05) is 0 Å². The van der Waals surface area contributed by atoms with Crippen molar-refractivity contribution >= 4 is 76.1 Å². The summed E-state index contributed by atoms with van der Waals surface area (Å²) in [6, 6.07) is 78.6. The molecule has 288 valence electrons. The van der Waals surface area contributed by atoms with E-state index in [0.717, 1.165) is 49.7 Å². The summed E-state index contributed by atoms with van der Waals surface area (Å²) >= 11 is 0. The van der Waals surface area contributed by atoms with Crippen LogP contribution in [0.4, 0.5) is 0 Å². The molecule has 0 amide bonds. The smallest absolute Gasteiger partial charge is 0.235 e. The lowest BCUT2D eigenvalue weighted by atomic mass is 9.94. The first-order valence-corrected chi connectivity index (χ1v) is 21.2. The second-order valence-electron chi connectivity index (χ2n) is 16.2. The molecule has 0 fully saturated rings. The van der Waals surface area contributed by atoms with Crippen molar-refractivity contribution in [2.45, 2.75) is 0 Å². The Bertz CT molecular complexity index is 3920. The maximum atomic E-state index is 5.46. The van der Waals surface area contributed by atoms with Crippen LogP contribution in [0.3, 0.4) is 0 Å². The summed E-state index contributed by atoms with van der Waals surface area (Å²) in [5.41, 5.74) is 13.4. The zero-order valence-corrected chi connectivity index (χ0v) is 33.6. The van der Waals surface area contributed by atoms with E-state index in [4.69, 9.17) is 9.97 Å². The van der Waals surface area contributed by atoms with Gasteiger partial charge in [0.1, 0.15) is 0 Å². The van der Waals surface area contributed by atoms with Crippen molar-refractivity contribution in [3.63, 3.8) is 0 Å². The van der Waals surface area contributed by atoms with E-state index in [-0.39, 0.29) is 0 Å². The monoisotopic (exact) mass is 788 g/mol. The zero-order chi connectivity index (χ0) is 40.7. The van der Waals surface area contributed by atoms with Crippen LogP contribution in [0.5, 0.6) is 0 Å². The van der Waals surface area contributed by atoms with Crippen LogP contribution in [0.15, 0.2) is 218 Å². The molecule has 0 saturated carbocycles. The quantitative estimate of drug-likeness (QED) is 0.174. The molecule has 10 aromatic carbocycles. The van der Waals surface area contributed by atoms with Crippen LogP contribution in [0.2, 0.25) is 0 Å². The summed E-state index contributed by atoms with van der Waals surface area (Å²) in [5.74, 6) is 0.649. The Hall–Kier alpha value is -8.34. The summed E-state index contributed by atoms with van der Waals surface area (Å²) in [6.07, 6.45) is 0. The normalized spacial score (nSPS) is 11.9. The highest BCUT2D eigenvalue weighted by atomic mass is 15.2. The molecule has 4 heteroatoms. The molecule has 0 bridgehead atoms. The van der Waals surface area contributed by atoms with Gasteiger partial charge >= 0.3 is 0 Å². The van der Waals surface area contributed by atoms with Crippen molar-refractivity contribution in [2.24, 2.45) is 0 Å². The lowest BCUT2D eigenvalue weighted by molar-refractivity contribution is 1.01. The molecule has 0 saturated heterocycles. The number of hydrogen-bond donors (Lipinski definition) is 0. The Morgan fingerprint density at radius 1 is 0.306 bits per heavy atom. The van der Waals surface area contributed by atoms with Crippen molar-refractivity contribution in [2.75, 3.05) is 0 Å². The fourth-order valence-electron chi connectivity index (χ4n) is 9.85. The predicted octanol–water partition coefficient (Wildman–Crippen LogP) is 15.1. The van der Waals surface area contributed by atoms with Crippen LogP contribution >= 0.6 is 0 Å². The average Bonchev–Trinajstić information content (AvgIpc) is 3.86. The number of hydrogen-bond acceptors (Lipinski definition) is 2. The van der Waals surface area contributed by atoms with Gasteiger partial charge in [0, 0.05) is 43.6 Å².